The molecular formula is C11H9BrN2O2S. The number of halogens is 1. The molecule has 1 aromatic carbocycles. The summed E-state index contributed by atoms with van der Waals surface area (Å²) in [4.78, 5) is 15.9. The van der Waals surface area contributed by atoms with Crippen LogP contribution in [0, 0.1) is 0 Å². The molecule has 0 unspecified atom stereocenters. The number of benzene rings is 1. The van der Waals surface area contributed by atoms with Crippen LogP contribution in [-0.2, 0) is 0 Å². The number of anilines is 1. The second-order valence-electron chi connectivity index (χ2n) is 3.16. The zero-order valence-electron chi connectivity index (χ0n) is 8.94. The van der Waals surface area contributed by atoms with Gasteiger partial charge in [-0.3, -0.25) is 10.1 Å². The van der Waals surface area contributed by atoms with Crippen molar-refractivity contribution >= 4 is 38.3 Å². The molecule has 1 aromatic heterocycles. The molecule has 6 heteroatoms. The van der Waals surface area contributed by atoms with E-state index in [1.165, 1.54) is 11.3 Å². The molecule has 0 aliphatic rings. The maximum absolute atomic E-state index is 11.8. The SMILES string of the molecule is COc1ccc(C(=O)Nc2nc(Br)cs2)cc1. The predicted octanol–water partition coefficient (Wildman–Crippen LogP) is 3.17. The Morgan fingerprint density at radius 3 is 2.65 bits per heavy atom. The van der Waals surface area contributed by atoms with E-state index < -0.39 is 0 Å². The summed E-state index contributed by atoms with van der Waals surface area (Å²) >= 11 is 4.59. The summed E-state index contributed by atoms with van der Waals surface area (Å²) in [6.45, 7) is 0. The normalized spacial score (nSPS) is 10.0. The number of aromatic nitrogens is 1. The maximum Gasteiger partial charge on any atom is 0.257 e. The minimum atomic E-state index is -0.186. The Hall–Kier alpha value is -1.40. The molecule has 17 heavy (non-hydrogen) atoms. The van der Waals surface area contributed by atoms with Crippen LogP contribution in [-0.4, -0.2) is 18.0 Å². The van der Waals surface area contributed by atoms with Crippen molar-refractivity contribution in [2.24, 2.45) is 0 Å². The number of ether oxygens (including phenoxy) is 1. The smallest absolute Gasteiger partial charge is 0.257 e. The van der Waals surface area contributed by atoms with E-state index in [0.717, 1.165) is 5.75 Å². The van der Waals surface area contributed by atoms with Gasteiger partial charge in [0.2, 0.25) is 0 Å². The summed E-state index contributed by atoms with van der Waals surface area (Å²) in [6, 6.07) is 6.90. The lowest BCUT2D eigenvalue weighted by molar-refractivity contribution is 0.102. The van der Waals surface area contributed by atoms with Gasteiger partial charge in [0, 0.05) is 10.9 Å². The summed E-state index contributed by atoms with van der Waals surface area (Å²) in [5, 5.41) is 5.09. The highest BCUT2D eigenvalue weighted by Gasteiger charge is 2.08. The number of hydrogen-bond acceptors (Lipinski definition) is 4. The molecule has 2 aromatic rings. The number of hydrogen-bond donors (Lipinski definition) is 1. The van der Waals surface area contributed by atoms with Gasteiger partial charge < -0.3 is 4.74 Å². The third-order valence-corrected chi connectivity index (χ3v) is 3.52. The van der Waals surface area contributed by atoms with Crippen LogP contribution >= 0.6 is 27.3 Å². The van der Waals surface area contributed by atoms with Crippen molar-refractivity contribution in [1.82, 2.24) is 4.98 Å². The zero-order chi connectivity index (χ0) is 12.3. The summed E-state index contributed by atoms with van der Waals surface area (Å²) in [7, 11) is 1.59. The largest absolute Gasteiger partial charge is 0.497 e. The lowest BCUT2D eigenvalue weighted by Crippen LogP contribution is -2.11. The van der Waals surface area contributed by atoms with E-state index in [4.69, 9.17) is 4.74 Å². The van der Waals surface area contributed by atoms with E-state index in [0.29, 0.717) is 15.3 Å². The molecule has 1 amide bonds. The second kappa shape index (κ2) is 5.29. The van der Waals surface area contributed by atoms with Gasteiger partial charge in [0.1, 0.15) is 10.4 Å². The van der Waals surface area contributed by atoms with Gasteiger partial charge in [-0.2, -0.15) is 0 Å². The van der Waals surface area contributed by atoms with Crippen molar-refractivity contribution in [2.45, 2.75) is 0 Å². The minimum absolute atomic E-state index is 0.186. The number of thiazole rings is 1. The molecule has 0 fully saturated rings. The van der Waals surface area contributed by atoms with Crippen LogP contribution in [0.25, 0.3) is 0 Å². The summed E-state index contributed by atoms with van der Waals surface area (Å²) in [5.41, 5.74) is 0.567. The van der Waals surface area contributed by atoms with Gasteiger partial charge in [0.05, 0.1) is 7.11 Å². The molecule has 0 radical (unpaired) electrons. The van der Waals surface area contributed by atoms with Crippen LogP contribution in [0.1, 0.15) is 10.4 Å². The summed E-state index contributed by atoms with van der Waals surface area (Å²) in [5.74, 6) is 0.535. The second-order valence-corrected chi connectivity index (χ2v) is 4.83. The highest BCUT2D eigenvalue weighted by atomic mass is 79.9. The van der Waals surface area contributed by atoms with Crippen molar-refractivity contribution in [1.29, 1.82) is 0 Å². The first kappa shape index (κ1) is 12.1. The van der Waals surface area contributed by atoms with Gasteiger partial charge in [-0.15, -0.1) is 11.3 Å². The van der Waals surface area contributed by atoms with Crippen molar-refractivity contribution in [3.8, 4) is 5.75 Å². The number of nitrogens with one attached hydrogen (secondary N) is 1. The number of carbonyl (C=O) groups is 1. The van der Waals surface area contributed by atoms with E-state index in [1.807, 2.05) is 5.38 Å². The molecule has 0 saturated heterocycles. The molecule has 1 heterocycles. The molecule has 0 atom stereocenters. The average molecular weight is 313 g/mol. The van der Waals surface area contributed by atoms with Crippen molar-refractivity contribution in [3.63, 3.8) is 0 Å². The van der Waals surface area contributed by atoms with Gasteiger partial charge in [-0.05, 0) is 40.2 Å². The molecule has 4 nitrogen and oxygen atoms in total. The molecule has 1 N–H and O–H groups in total. The molecule has 0 saturated carbocycles. The number of nitrogens with zero attached hydrogens (tertiary/aromatic N) is 1. The van der Waals surface area contributed by atoms with E-state index >= 15 is 0 Å². The Morgan fingerprint density at radius 2 is 2.12 bits per heavy atom. The first-order valence-corrected chi connectivity index (χ1v) is 6.43. The topological polar surface area (TPSA) is 51.2 Å². The lowest BCUT2D eigenvalue weighted by atomic mass is 10.2. The third kappa shape index (κ3) is 3.04. The number of carbonyl (C=O) groups excluding carboxylic acids is 1. The van der Waals surface area contributed by atoms with Gasteiger partial charge in [-0.25, -0.2) is 4.98 Å². The Bertz CT molecular complexity index is 525. The molecule has 0 aliphatic carbocycles. The van der Waals surface area contributed by atoms with Gasteiger partial charge >= 0.3 is 0 Å². The number of methoxy groups -OCH3 is 1. The number of amides is 1. The van der Waals surface area contributed by atoms with Gasteiger partial charge in [-0.1, -0.05) is 0 Å². The predicted molar refractivity (Wildman–Crippen MR) is 70.8 cm³/mol. The molecule has 2 rings (SSSR count). The van der Waals surface area contributed by atoms with Gasteiger partial charge in [0.25, 0.3) is 5.91 Å². The van der Waals surface area contributed by atoms with E-state index in [2.05, 4.69) is 26.2 Å². The van der Waals surface area contributed by atoms with Crippen LogP contribution in [0.4, 0.5) is 5.13 Å². The molecule has 88 valence electrons. The van der Waals surface area contributed by atoms with Crippen LogP contribution in [0.15, 0.2) is 34.2 Å². The van der Waals surface area contributed by atoms with Crippen molar-refractivity contribution in [3.05, 3.63) is 39.8 Å². The molecule has 0 aliphatic heterocycles. The summed E-state index contributed by atoms with van der Waals surface area (Å²) in [6.07, 6.45) is 0. The highest BCUT2D eigenvalue weighted by Crippen LogP contribution is 2.20. The Kier molecular flexibility index (Phi) is 3.75. The fourth-order valence-corrected chi connectivity index (χ4v) is 2.36. The third-order valence-electron chi connectivity index (χ3n) is 2.05. The van der Waals surface area contributed by atoms with E-state index in [-0.39, 0.29) is 5.91 Å². The Morgan fingerprint density at radius 1 is 1.41 bits per heavy atom. The maximum atomic E-state index is 11.8. The highest BCUT2D eigenvalue weighted by molar-refractivity contribution is 9.10. The van der Waals surface area contributed by atoms with E-state index in [9.17, 15) is 4.79 Å². The standard InChI is InChI=1S/C11H9BrN2O2S/c1-16-8-4-2-7(3-5-8)10(15)14-11-13-9(12)6-17-11/h2-6H,1H3,(H,13,14,15). The van der Waals surface area contributed by atoms with Crippen LogP contribution in [0.3, 0.4) is 0 Å². The van der Waals surface area contributed by atoms with Gasteiger partial charge in [0.15, 0.2) is 5.13 Å². The fraction of sp³-hybridized carbons (Fsp3) is 0.0909. The quantitative estimate of drug-likeness (QED) is 0.947. The van der Waals surface area contributed by atoms with E-state index in [1.54, 1.807) is 31.4 Å². The Balaban J connectivity index is 2.09. The molecule has 0 spiro atoms. The first-order chi connectivity index (χ1) is 8.19. The fourth-order valence-electron chi connectivity index (χ4n) is 1.22. The lowest BCUT2D eigenvalue weighted by Gasteiger charge is -2.03. The molecular weight excluding hydrogens is 304 g/mol. The van der Waals surface area contributed by atoms with Crippen molar-refractivity contribution in [2.75, 3.05) is 12.4 Å². The summed E-state index contributed by atoms with van der Waals surface area (Å²) < 4.78 is 5.74. The monoisotopic (exact) mass is 312 g/mol. The van der Waals surface area contributed by atoms with Crippen LogP contribution < -0.4 is 10.1 Å². The van der Waals surface area contributed by atoms with Crippen LogP contribution in [0.5, 0.6) is 5.75 Å². The Labute approximate surface area is 111 Å². The average Bonchev–Trinajstić information content (AvgIpc) is 2.75. The first-order valence-electron chi connectivity index (χ1n) is 4.75. The molecule has 0 bridgehead atoms. The number of rotatable bonds is 3. The van der Waals surface area contributed by atoms with Crippen molar-refractivity contribution < 1.29 is 9.53 Å². The zero-order valence-corrected chi connectivity index (χ0v) is 11.3. The van der Waals surface area contributed by atoms with Crippen LogP contribution in [0.2, 0.25) is 0 Å². The minimum Gasteiger partial charge on any atom is -0.497 e.